The Morgan fingerprint density at radius 3 is 2.69 bits per heavy atom. The third kappa shape index (κ3) is 4.07. The minimum atomic E-state index is 0.0237. The number of aryl methyl sites for hydroxylation is 2. The van der Waals surface area contributed by atoms with Crippen LogP contribution >= 0.6 is 0 Å². The second-order valence-electron chi connectivity index (χ2n) is 7.84. The summed E-state index contributed by atoms with van der Waals surface area (Å²) in [6.07, 6.45) is 5.97. The lowest BCUT2D eigenvalue weighted by molar-refractivity contribution is 0.0341. The van der Waals surface area contributed by atoms with Crippen molar-refractivity contribution < 1.29 is 4.74 Å². The lowest BCUT2D eigenvalue weighted by Crippen LogP contribution is -2.35. The Kier molecular flexibility index (Phi) is 5.69. The van der Waals surface area contributed by atoms with Crippen molar-refractivity contribution in [2.24, 2.45) is 0 Å². The molecule has 0 atom stereocenters. The van der Waals surface area contributed by atoms with Crippen molar-refractivity contribution in [3.63, 3.8) is 0 Å². The molecule has 0 bridgehead atoms. The topological polar surface area (TPSA) is 50.3 Å². The highest BCUT2D eigenvalue weighted by atomic mass is 16.5. The third-order valence-corrected chi connectivity index (χ3v) is 5.69. The second-order valence-corrected chi connectivity index (χ2v) is 7.84. The van der Waals surface area contributed by atoms with Gasteiger partial charge in [-0.15, -0.1) is 0 Å². The molecule has 5 nitrogen and oxygen atoms in total. The number of aromatic nitrogens is 2. The van der Waals surface area contributed by atoms with Crippen LogP contribution in [0.2, 0.25) is 0 Å². The van der Waals surface area contributed by atoms with Crippen molar-refractivity contribution in [1.29, 1.82) is 0 Å². The SMILES string of the molecule is C/C=C/Cn1cc(-c2ccc(CN3CCOCC3)c(C)c2)c2cc(C)[nH]c2c1=O. The molecule has 2 aromatic heterocycles. The number of rotatable bonds is 5. The van der Waals surface area contributed by atoms with Crippen molar-refractivity contribution in [3.8, 4) is 11.1 Å². The van der Waals surface area contributed by atoms with E-state index in [2.05, 4.69) is 41.1 Å². The first-order valence-corrected chi connectivity index (χ1v) is 10.3. The number of hydrogen-bond acceptors (Lipinski definition) is 3. The van der Waals surface area contributed by atoms with Crippen LogP contribution in [-0.2, 0) is 17.8 Å². The molecule has 0 spiro atoms. The summed E-state index contributed by atoms with van der Waals surface area (Å²) in [5.74, 6) is 0. The number of nitrogens with one attached hydrogen (secondary N) is 1. The summed E-state index contributed by atoms with van der Waals surface area (Å²) in [5.41, 5.74) is 6.57. The van der Waals surface area contributed by atoms with Gasteiger partial charge in [0.1, 0.15) is 5.52 Å². The zero-order chi connectivity index (χ0) is 20.4. The molecular formula is C24H29N3O2. The second kappa shape index (κ2) is 8.39. The summed E-state index contributed by atoms with van der Waals surface area (Å²) >= 11 is 0. The van der Waals surface area contributed by atoms with E-state index in [1.54, 1.807) is 4.57 Å². The number of benzene rings is 1. The van der Waals surface area contributed by atoms with Gasteiger partial charge in [0.05, 0.1) is 13.2 Å². The number of hydrogen-bond donors (Lipinski definition) is 1. The number of aromatic amines is 1. The Hall–Kier alpha value is -2.63. The average molecular weight is 392 g/mol. The van der Waals surface area contributed by atoms with Crippen LogP contribution in [0.25, 0.3) is 22.0 Å². The molecule has 1 aromatic carbocycles. The van der Waals surface area contributed by atoms with E-state index in [1.807, 2.05) is 32.2 Å². The predicted octanol–water partition coefficient (Wildman–Crippen LogP) is 4.02. The molecular weight excluding hydrogens is 362 g/mol. The maximum Gasteiger partial charge on any atom is 0.275 e. The standard InChI is InChI=1S/C24H29N3O2/c1-4-5-8-27-16-22(21-14-18(3)25-23(21)24(27)28)19-6-7-20(17(2)13-19)15-26-9-11-29-12-10-26/h4-7,13-14,16,25H,8-12,15H2,1-3H3/b5-4+. The van der Waals surface area contributed by atoms with Gasteiger partial charge in [-0.1, -0.05) is 30.4 Å². The summed E-state index contributed by atoms with van der Waals surface area (Å²) in [4.78, 5) is 18.6. The fraction of sp³-hybridized carbons (Fsp3) is 0.375. The van der Waals surface area contributed by atoms with Crippen LogP contribution in [0, 0.1) is 13.8 Å². The van der Waals surface area contributed by atoms with Crippen LogP contribution < -0.4 is 5.56 Å². The van der Waals surface area contributed by atoms with E-state index in [4.69, 9.17) is 4.74 Å². The Bertz CT molecular complexity index is 1100. The number of ether oxygens (including phenoxy) is 1. The van der Waals surface area contributed by atoms with Crippen LogP contribution in [0.15, 0.2) is 47.4 Å². The van der Waals surface area contributed by atoms with Gasteiger partial charge < -0.3 is 14.3 Å². The molecule has 1 saturated heterocycles. The van der Waals surface area contributed by atoms with E-state index in [-0.39, 0.29) is 5.56 Å². The van der Waals surface area contributed by atoms with Crippen LogP contribution in [-0.4, -0.2) is 40.8 Å². The van der Waals surface area contributed by atoms with Gasteiger partial charge in [0.15, 0.2) is 0 Å². The summed E-state index contributed by atoms with van der Waals surface area (Å²) in [7, 11) is 0. The molecule has 0 aliphatic carbocycles. The molecule has 4 rings (SSSR count). The Morgan fingerprint density at radius 1 is 1.17 bits per heavy atom. The van der Waals surface area contributed by atoms with Gasteiger partial charge in [-0.05, 0) is 43.5 Å². The number of morpholine rings is 1. The van der Waals surface area contributed by atoms with Crippen LogP contribution in [0.3, 0.4) is 0 Å². The number of nitrogens with zero attached hydrogens (tertiary/aromatic N) is 2. The fourth-order valence-electron chi connectivity index (χ4n) is 4.02. The minimum Gasteiger partial charge on any atom is -0.379 e. The highest BCUT2D eigenvalue weighted by Crippen LogP contribution is 2.29. The monoisotopic (exact) mass is 391 g/mol. The molecule has 0 unspecified atom stereocenters. The van der Waals surface area contributed by atoms with Crippen LogP contribution in [0.4, 0.5) is 0 Å². The molecule has 1 aliphatic rings. The Balaban J connectivity index is 1.74. The number of pyridine rings is 1. The normalized spacial score (nSPS) is 15.6. The first-order valence-electron chi connectivity index (χ1n) is 10.3. The van der Waals surface area contributed by atoms with Gasteiger partial charge in [0.25, 0.3) is 5.56 Å². The van der Waals surface area contributed by atoms with E-state index in [0.717, 1.165) is 55.1 Å². The number of fused-ring (bicyclic) bond motifs is 1. The van der Waals surface area contributed by atoms with Gasteiger partial charge in [-0.3, -0.25) is 9.69 Å². The molecule has 3 aromatic rings. The summed E-state index contributed by atoms with van der Waals surface area (Å²) in [5, 5.41) is 0.990. The molecule has 5 heteroatoms. The molecule has 0 amide bonds. The first-order chi connectivity index (χ1) is 14.1. The van der Waals surface area contributed by atoms with Crippen molar-refractivity contribution in [2.45, 2.75) is 33.9 Å². The largest absolute Gasteiger partial charge is 0.379 e. The molecule has 0 saturated carbocycles. The summed E-state index contributed by atoms with van der Waals surface area (Å²) < 4.78 is 7.24. The van der Waals surface area contributed by atoms with Crippen LogP contribution in [0.5, 0.6) is 0 Å². The summed E-state index contributed by atoms with van der Waals surface area (Å²) in [6, 6.07) is 8.73. The average Bonchev–Trinajstić information content (AvgIpc) is 3.12. The minimum absolute atomic E-state index is 0.0237. The highest BCUT2D eigenvalue weighted by molar-refractivity contribution is 5.95. The van der Waals surface area contributed by atoms with E-state index >= 15 is 0 Å². The maximum absolute atomic E-state index is 12.9. The van der Waals surface area contributed by atoms with E-state index in [1.165, 1.54) is 11.1 Å². The first kappa shape index (κ1) is 19.7. The zero-order valence-corrected chi connectivity index (χ0v) is 17.5. The van der Waals surface area contributed by atoms with Gasteiger partial charge in [0.2, 0.25) is 0 Å². The fourth-order valence-corrected chi connectivity index (χ4v) is 4.02. The lowest BCUT2D eigenvalue weighted by atomic mass is 9.98. The van der Waals surface area contributed by atoms with Crippen molar-refractivity contribution >= 4 is 10.9 Å². The molecule has 152 valence electrons. The predicted molar refractivity (Wildman–Crippen MR) is 118 cm³/mol. The van der Waals surface area contributed by atoms with E-state index < -0.39 is 0 Å². The van der Waals surface area contributed by atoms with Crippen molar-refractivity contribution in [1.82, 2.24) is 14.5 Å². The molecule has 1 N–H and O–H groups in total. The summed E-state index contributed by atoms with van der Waals surface area (Å²) in [6.45, 7) is 11.3. The Labute approximate surface area is 171 Å². The lowest BCUT2D eigenvalue weighted by Gasteiger charge is -2.27. The van der Waals surface area contributed by atoms with Gasteiger partial charge in [-0.25, -0.2) is 0 Å². The van der Waals surface area contributed by atoms with Gasteiger partial charge in [-0.2, -0.15) is 0 Å². The van der Waals surface area contributed by atoms with Gasteiger partial charge in [0, 0.05) is 49.0 Å². The van der Waals surface area contributed by atoms with Gasteiger partial charge >= 0.3 is 0 Å². The highest BCUT2D eigenvalue weighted by Gasteiger charge is 2.15. The molecule has 0 radical (unpaired) electrons. The quantitative estimate of drug-likeness (QED) is 0.669. The van der Waals surface area contributed by atoms with E-state index in [0.29, 0.717) is 12.1 Å². The molecule has 3 heterocycles. The molecule has 1 fully saturated rings. The maximum atomic E-state index is 12.9. The van der Waals surface area contributed by atoms with Crippen molar-refractivity contribution in [2.75, 3.05) is 26.3 Å². The van der Waals surface area contributed by atoms with Crippen molar-refractivity contribution in [3.05, 3.63) is 69.8 Å². The smallest absolute Gasteiger partial charge is 0.275 e. The number of H-pyrrole nitrogens is 1. The molecule has 1 aliphatic heterocycles. The van der Waals surface area contributed by atoms with E-state index in [9.17, 15) is 4.79 Å². The van der Waals surface area contributed by atoms with Crippen LogP contribution in [0.1, 0.15) is 23.7 Å². The zero-order valence-electron chi connectivity index (χ0n) is 17.5. The third-order valence-electron chi connectivity index (χ3n) is 5.69. The number of allylic oxidation sites excluding steroid dienone is 2. The molecule has 29 heavy (non-hydrogen) atoms. The Morgan fingerprint density at radius 2 is 1.97 bits per heavy atom.